The maximum atomic E-state index is 5.12. The summed E-state index contributed by atoms with van der Waals surface area (Å²) < 4.78 is 5.12. The highest BCUT2D eigenvalue weighted by Gasteiger charge is 2.11. The molecule has 1 rings (SSSR count). The zero-order chi connectivity index (χ0) is 10.4. The van der Waals surface area contributed by atoms with Gasteiger partial charge < -0.3 is 10.1 Å². The molecule has 0 aliphatic heterocycles. The van der Waals surface area contributed by atoms with Crippen molar-refractivity contribution in [1.82, 2.24) is 15.5 Å². The molecule has 0 saturated heterocycles. The first kappa shape index (κ1) is 11.2. The van der Waals surface area contributed by atoms with Crippen molar-refractivity contribution in [3.8, 4) is 0 Å². The number of ether oxygens (including phenoxy) is 1. The van der Waals surface area contributed by atoms with E-state index in [4.69, 9.17) is 4.74 Å². The number of nitrogens with zero attached hydrogens (tertiary/aromatic N) is 1. The molecule has 14 heavy (non-hydrogen) atoms. The number of rotatable bonds is 6. The van der Waals surface area contributed by atoms with Crippen LogP contribution in [0.5, 0.6) is 0 Å². The summed E-state index contributed by atoms with van der Waals surface area (Å²) in [5.74, 6) is 0. The molecule has 1 aromatic heterocycles. The SMILES string of the molecule is CCC(COC)NC(C)c1ccn[nH]1. The highest BCUT2D eigenvalue weighted by molar-refractivity contribution is 5.03. The first-order chi connectivity index (χ1) is 6.77. The normalized spacial score (nSPS) is 15.4. The third kappa shape index (κ3) is 3.12. The van der Waals surface area contributed by atoms with Gasteiger partial charge in [0.2, 0.25) is 0 Å². The van der Waals surface area contributed by atoms with E-state index >= 15 is 0 Å². The van der Waals surface area contributed by atoms with Gasteiger partial charge in [-0.2, -0.15) is 5.10 Å². The predicted molar refractivity (Wildman–Crippen MR) is 56.1 cm³/mol. The number of H-pyrrole nitrogens is 1. The van der Waals surface area contributed by atoms with Crippen LogP contribution >= 0.6 is 0 Å². The lowest BCUT2D eigenvalue weighted by Gasteiger charge is -2.20. The summed E-state index contributed by atoms with van der Waals surface area (Å²) in [7, 11) is 1.73. The van der Waals surface area contributed by atoms with Crippen molar-refractivity contribution in [2.45, 2.75) is 32.4 Å². The van der Waals surface area contributed by atoms with E-state index in [-0.39, 0.29) is 6.04 Å². The summed E-state index contributed by atoms with van der Waals surface area (Å²) >= 11 is 0. The number of hydrogen-bond donors (Lipinski definition) is 2. The van der Waals surface area contributed by atoms with E-state index in [1.54, 1.807) is 13.3 Å². The van der Waals surface area contributed by atoms with Crippen LogP contribution in [0.3, 0.4) is 0 Å². The maximum absolute atomic E-state index is 5.12. The zero-order valence-corrected chi connectivity index (χ0v) is 9.08. The molecule has 0 aliphatic rings. The van der Waals surface area contributed by atoms with Gasteiger partial charge in [-0.15, -0.1) is 0 Å². The van der Waals surface area contributed by atoms with Crippen LogP contribution in [0.2, 0.25) is 0 Å². The van der Waals surface area contributed by atoms with Crippen LogP contribution in [0.25, 0.3) is 0 Å². The molecule has 4 heteroatoms. The molecule has 0 saturated carbocycles. The Morgan fingerprint density at radius 3 is 2.93 bits per heavy atom. The molecule has 0 spiro atoms. The Balaban J connectivity index is 2.42. The largest absolute Gasteiger partial charge is 0.383 e. The molecule has 4 nitrogen and oxygen atoms in total. The first-order valence-electron chi connectivity index (χ1n) is 5.02. The second kappa shape index (κ2) is 5.78. The van der Waals surface area contributed by atoms with Crippen LogP contribution < -0.4 is 5.32 Å². The summed E-state index contributed by atoms with van der Waals surface area (Å²) in [6, 6.07) is 2.67. The molecule has 1 heterocycles. The predicted octanol–water partition coefficient (Wildman–Crippen LogP) is 1.49. The van der Waals surface area contributed by atoms with Crippen molar-refractivity contribution in [2.75, 3.05) is 13.7 Å². The van der Waals surface area contributed by atoms with Crippen LogP contribution in [-0.2, 0) is 4.74 Å². The summed E-state index contributed by atoms with van der Waals surface area (Å²) in [5.41, 5.74) is 1.11. The van der Waals surface area contributed by atoms with Gasteiger partial charge in [-0.05, 0) is 19.4 Å². The van der Waals surface area contributed by atoms with Crippen molar-refractivity contribution in [3.63, 3.8) is 0 Å². The highest BCUT2D eigenvalue weighted by Crippen LogP contribution is 2.09. The number of hydrogen-bond acceptors (Lipinski definition) is 3. The molecule has 2 unspecified atom stereocenters. The van der Waals surface area contributed by atoms with Crippen LogP contribution in [0.4, 0.5) is 0 Å². The van der Waals surface area contributed by atoms with E-state index in [2.05, 4.69) is 29.4 Å². The first-order valence-corrected chi connectivity index (χ1v) is 5.02. The van der Waals surface area contributed by atoms with E-state index in [0.29, 0.717) is 6.04 Å². The molecule has 0 fully saturated rings. The van der Waals surface area contributed by atoms with Crippen molar-refractivity contribution in [3.05, 3.63) is 18.0 Å². The van der Waals surface area contributed by atoms with Gasteiger partial charge in [0.05, 0.1) is 12.3 Å². The zero-order valence-electron chi connectivity index (χ0n) is 9.08. The molecule has 0 aromatic carbocycles. The summed E-state index contributed by atoms with van der Waals surface area (Å²) in [5, 5.41) is 10.4. The van der Waals surface area contributed by atoms with Gasteiger partial charge in [0.25, 0.3) is 0 Å². The van der Waals surface area contributed by atoms with E-state index < -0.39 is 0 Å². The minimum absolute atomic E-state index is 0.289. The standard InChI is InChI=1S/C10H19N3O/c1-4-9(7-14-3)12-8(2)10-5-6-11-13-10/h5-6,8-9,12H,4,7H2,1-3H3,(H,11,13). The van der Waals surface area contributed by atoms with E-state index in [1.807, 2.05) is 6.07 Å². The van der Waals surface area contributed by atoms with E-state index in [0.717, 1.165) is 18.7 Å². The van der Waals surface area contributed by atoms with Crippen molar-refractivity contribution >= 4 is 0 Å². The van der Waals surface area contributed by atoms with E-state index in [9.17, 15) is 0 Å². The van der Waals surface area contributed by atoms with Gasteiger partial charge >= 0.3 is 0 Å². The average Bonchev–Trinajstić information content (AvgIpc) is 2.69. The lowest BCUT2D eigenvalue weighted by molar-refractivity contribution is 0.159. The topological polar surface area (TPSA) is 49.9 Å². The molecule has 2 N–H and O–H groups in total. The molecular formula is C10H19N3O. The van der Waals surface area contributed by atoms with Gasteiger partial charge in [0, 0.05) is 25.4 Å². The molecule has 80 valence electrons. The minimum atomic E-state index is 0.289. The molecule has 0 amide bonds. The molecule has 0 aliphatic carbocycles. The van der Waals surface area contributed by atoms with Crippen molar-refractivity contribution in [2.24, 2.45) is 0 Å². The second-order valence-corrected chi connectivity index (χ2v) is 3.46. The Morgan fingerprint density at radius 1 is 1.64 bits per heavy atom. The quantitative estimate of drug-likeness (QED) is 0.726. The molecule has 1 aromatic rings. The Kier molecular flexibility index (Phi) is 4.62. The maximum Gasteiger partial charge on any atom is 0.0615 e. The molecular weight excluding hydrogens is 178 g/mol. The van der Waals surface area contributed by atoms with Crippen molar-refractivity contribution in [1.29, 1.82) is 0 Å². The number of methoxy groups -OCH3 is 1. The number of nitrogens with one attached hydrogen (secondary N) is 2. The molecule has 2 atom stereocenters. The molecule has 0 radical (unpaired) electrons. The number of aromatic amines is 1. The fraction of sp³-hybridized carbons (Fsp3) is 0.700. The third-order valence-corrected chi connectivity index (χ3v) is 2.34. The third-order valence-electron chi connectivity index (χ3n) is 2.34. The van der Waals surface area contributed by atoms with Crippen molar-refractivity contribution < 1.29 is 4.74 Å². The number of aromatic nitrogens is 2. The average molecular weight is 197 g/mol. The molecule has 0 bridgehead atoms. The Morgan fingerprint density at radius 2 is 2.43 bits per heavy atom. The lowest BCUT2D eigenvalue weighted by atomic mass is 10.1. The smallest absolute Gasteiger partial charge is 0.0615 e. The van der Waals surface area contributed by atoms with Crippen LogP contribution in [0.1, 0.15) is 32.0 Å². The monoisotopic (exact) mass is 197 g/mol. The second-order valence-electron chi connectivity index (χ2n) is 3.46. The van der Waals surface area contributed by atoms with Crippen LogP contribution in [-0.4, -0.2) is 30.0 Å². The fourth-order valence-electron chi connectivity index (χ4n) is 1.44. The van der Waals surface area contributed by atoms with Gasteiger partial charge in [-0.1, -0.05) is 6.92 Å². The van der Waals surface area contributed by atoms with Crippen LogP contribution in [0, 0.1) is 0 Å². The summed E-state index contributed by atoms with van der Waals surface area (Å²) in [6.45, 7) is 5.01. The van der Waals surface area contributed by atoms with Gasteiger partial charge in [0.15, 0.2) is 0 Å². The lowest BCUT2D eigenvalue weighted by Crippen LogP contribution is -2.34. The Labute approximate surface area is 85.0 Å². The fourth-order valence-corrected chi connectivity index (χ4v) is 1.44. The summed E-state index contributed by atoms with van der Waals surface area (Å²) in [6.07, 6.45) is 2.83. The van der Waals surface area contributed by atoms with Gasteiger partial charge in [-0.25, -0.2) is 0 Å². The Hall–Kier alpha value is -0.870. The van der Waals surface area contributed by atoms with Gasteiger partial charge in [-0.3, -0.25) is 5.10 Å². The van der Waals surface area contributed by atoms with E-state index in [1.165, 1.54) is 0 Å². The summed E-state index contributed by atoms with van der Waals surface area (Å²) in [4.78, 5) is 0. The Bertz CT molecular complexity index is 236. The van der Waals surface area contributed by atoms with Crippen LogP contribution in [0.15, 0.2) is 12.3 Å². The highest BCUT2D eigenvalue weighted by atomic mass is 16.5. The van der Waals surface area contributed by atoms with Gasteiger partial charge in [0.1, 0.15) is 0 Å². The minimum Gasteiger partial charge on any atom is -0.383 e.